The summed E-state index contributed by atoms with van der Waals surface area (Å²) in [4.78, 5) is 0. The second-order valence-electron chi connectivity index (χ2n) is 5.75. The molecule has 46 heavy (non-hydrogen) atoms. The molecule has 15 nitrogen and oxygen atoms in total. The first kappa shape index (κ1) is 51.7. The molecule has 0 aromatic rings. The zero-order chi connectivity index (χ0) is 38.1. The van der Waals surface area contributed by atoms with Crippen LogP contribution in [0.2, 0.25) is 0 Å². The Morgan fingerprint density at radius 1 is 0.239 bits per heavy atom. The first-order valence-electron chi connectivity index (χ1n) is 7.72. The number of hydrogen-bond donors (Lipinski definition) is 0. The average Bonchev–Trinajstić information content (AvgIpc) is 2.61. The van der Waals surface area contributed by atoms with Crippen molar-refractivity contribution in [2.45, 2.75) is 33.0 Å². The first-order valence-corrected chi connectivity index (χ1v) is 16.4. The molecule has 0 saturated carbocycles. The molecule has 0 aliphatic heterocycles. The smallest absolute Gasteiger partial charge is 0.421 e. The van der Waals surface area contributed by atoms with Gasteiger partial charge in [0.25, 0.3) is 0 Å². The van der Waals surface area contributed by atoms with Crippen LogP contribution in [0.3, 0.4) is 0 Å². The van der Waals surface area contributed by atoms with Crippen LogP contribution < -0.4 is 0 Å². The second-order valence-corrected chi connectivity index (χ2v) is 16.0. The van der Waals surface area contributed by atoms with Gasteiger partial charge >= 0.3 is 33.0 Å². The largest absolute Gasteiger partial charge is 0.480 e. The monoisotopic (exact) mass is 891 g/mol. The van der Waals surface area contributed by atoms with Crippen LogP contribution in [0.1, 0.15) is 0 Å². The normalized spacial score (nSPS) is 15.0. The summed E-state index contributed by atoms with van der Waals surface area (Å²) in [5.41, 5.74) is -37.2. The number of halogens is 18. The summed E-state index contributed by atoms with van der Waals surface area (Å²) in [6, 6.07) is 0. The summed E-state index contributed by atoms with van der Waals surface area (Å²) in [5, 5.41) is 0. The summed E-state index contributed by atoms with van der Waals surface area (Å²) in [5.74, 6) is 0. The third kappa shape index (κ3) is 15.0. The minimum atomic E-state index is -6.72. The quantitative estimate of drug-likeness (QED) is 0.349. The van der Waals surface area contributed by atoms with E-state index in [9.17, 15) is 130 Å². The van der Waals surface area contributed by atoms with Crippen LogP contribution in [-0.4, -0.2) is 83.6 Å². The van der Waals surface area contributed by atoms with E-state index in [2.05, 4.69) is 0 Å². The van der Waals surface area contributed by atoms with Crippen LogP contribution in [0.5, 0.6) is 0 Å². The van der Waals surface area contributed by atoms with Crippen molar-refractivity contribution in [1.82, 2.24) is 0 Å². The van der Waals surface area contributed by atoms with Gasteiger partial charge in [0.2, 0.25) is 0 Å². The van der Waals surface area contributed by atoms with Crippen LogP contribution in [0.25, 0.3) is 12.4 Å². The van der Waals surface area contributed by atoms with Crippen molar-refractivity contribution in [1.29, 1.82) is 0 Å². The molecule has 0 rings (SSSR count). The van der Waals surface area contributed by atoms with E-state index in [1.807, 2.05) is 0 Å². The molecule has 40 heteroatoms. The Labute approximate surface area is 253 Å². The Hall–Kier alpha value is -1.10. The topological polar surface area (TPSA) is 247 Å². The van der Waals surface area contributed by atoms with E-state index < -0.39 is 93.2 Å². The second kappa shape index (κ2) is 14.8. The number of hydrogen-bond acceptors (Lipinski definition) is 12. The molecular formula is C6F18N3O12S6V-3. The van der Waals surface area contributed by atoms with Gasteiger partial charge in [-0.1, -0.05) is 0 Å². The molecule has 0 atom stereocenters. The maximum absolute atomic E-state index is 11.4. The molecule has 0 saturated heterocycles. The Bertz CT molecular complexity index is 1370. The molecule has 0 heterocycles. The van der Waals surface area contributed by atoms with E-state index in [4.69, 9.17) is 0 Å². The number of alkyl halides is 18. The molecule has 0 unspecified atom stereocenters. The van der Waals surface area contributed by atoms with E-state index in [1.54, 1.807) is 0 Å². The molecule has 0 bridgehead atoms. The fourth-order valence-electron chi connectivity index (χ4n) is 0.641. The van der Waals surface area contributed by atoms with Crippen LogP contribution >= 0.6 is 0 Å². The van der Waals surface area contributed by atoms with Gasteiger partial charge < -0.3 is 12.4 Å². The Balaban J connectivity index is -0.000000285. The Morgan fingerprint density at radius 2 is 0.304 bits per heavy atom. The minimum absolute atomic E-state index is 0. The van der Waals surface area contributed by atoms with E-state index in [1.165, 1.54) is 0 Å². The third-order valence-corrected chi connectivity index (χ3v) is 10.6. The average molecular weight is 891 g/mol. The number of sulfonamides is 6. The Kier molecular flexibility index (Phi) is 16.6. The number of nitrogens with zero attached hydrogens (tertiary/aromatic N) is 3. The fourth-order valence-corrected chi connectivity index (χ4v) is 5.77. The molecule has 0 spiro atoms. The molecule has 0 amide bonds. The van der Waals surface area contributed by atoms with E-state index in [0.29, 0.717) is 0 Å². The summed E-state index contributed by atoms with van der Waals surface area (Å²) in [6.07, 6.45) is 0. The van der Waals surface area contributed by atoms with Crippen molar-refractivity contribution >= 4 is 60.1 Å². The summed E-state index contributed by atoms with van der Waals surface area (Å²) in [6.45, 7) is 0. The van der Waals surface area contributed by atoms with Gasteiger partial charge in [-0.3, -0.25) is 0 Å². The van der Waals surface area contributed by atoms with E-state index in [-0.39, 0.29) is 18.6 Å². The van der Waals surface area contributed by atoms with Gasteiger partial charge in [-0.2, -0.15) is 79.0 Å². The Morgan fingerprint density at radius 3 is 0.348 bits per heavy atom. The van der Waals surface area contributed by atoms with Crippen LogP contribution in [-0.2, 0) is 78.7 Å². The molecule has 0 fully saturated rings. The molecule has 0 aromatic heterocycles. The van der Waals surface area contributed by atoms with Gasteiger partial charge in [0.15, 0.2) is 60.1 Å². The van der Waals surface area contributed by atoms with Gasteiger partial charge in [0.05, 0.1) is 0 Å². The van der Waals surface area contributed by atoms with Crippen LogP contribution in [0.15, 0.2) is 0 Å². The summed E-state index contributed by atoms with van der Waals surface area (Å²) in [7, 11) is -40.3. The predicted molar refractivity (Wildman–Crippen MR) is 99.9 cm³/mol. The van der Waals surface area contributed by atoms with Gasteiger partial charge in [-0.15, -0.1) is 0 Å². The maximum Gasteiger partial charge on any atom is 0.480 e. The SMILES string of the molecule is O=S(=O)([N-]S(=O)(=O)C(F)(F)F)C(F)(F)F.O=S(=O)([N-]S(=O)(=O)C(F)(F)F)C(F)(F)F.O=S(=O)([N-]S(=O)(=O)C(F)(F)F)C(F)(F)F.[V]. The zero-order valence-corrected chi connectivity index (χ0v) is 25.2. The zero-order valence-electron chi connectivity index (χ0n) is 18.9. The van der Waals surface area contributed by atoms with Crippen molar-refractivity contribution in [2.75, 3.05) is 0 Å². The molecule has 0 aliphatic carbocycles. The van der Waals surface area contributed by atoms with Crippen molar-refractivity contribution < 1.29 is 148 Å². The van der Waals surface area contributed by atoms with Crippen molar-refractivity contribution in [3.05, 3.63) is 12.4 Å². The maximum atomic E-state index is 11.4. The molecule has 0 aromatic carbocycles. The van der Waals surface area contributed by atoms with Gasteiger partial charge in [-0.25, -0.2) is 50.5 Å². The van der Waals surface area contributed by atoms with E-state index in [0.717, 1.165) is 12.4 Å². The molecule has 281 valence electrons. The molecular weight excluding hydrogens is 891 g/mol. The van der Waals surface area contributed by atoms with Gasteiger partial charge in [0.1, 0.15) is 0 Å². The standard InChI is InChI=1S/3C2F6NO4S2.V/c3*3-1(4,5)14(10,11)9-15(12,13)2(6,7)8;/q3*-1;. The van der Waals surface area contributed by atoms with Crippen LogP contribution in [0, 0.1) is 0 Å². The van der Waals surface area contributed by atoms with Gasteiger partial charge in [-0.05, 0) is 0 Å². The molecule has 0 N–H and O–H groups in total. The first-order chi connectivity index (χ1) is 18.6. The van der Waals surface area contributed by atoms with Crippen molar-refractivity contribution in [2.24, 2.45) is 0 Å². The third-order valence-electron chi connectivity index (χ3n) is 2.34. The fraction of sp³-hybridized carbons (Fsp3) is 1.00. The number of rotatable bonds is 6. The summed E-state index contributed by atoms with van der Waals surface area (Å²) >= 11 is 0. The van der Waals surface area contributed by atoms with Crippen molar-refractivity contribution in [3.63, 3.8) is 0 Å². The van der Waals surface area contributed by atoms with Crippen LogP contribution in [0.4, 0.5) is 79.0 Å². The molecule has 1 radical (unpaired) electrons. The summed E-state index contributed by atoms with van der Waals surface area (Å²) < 4.78 is 328. The minimum Gasteiger partial charge on any atom is -0.421 e. The van der Waals surface area contributed by atoms with Crippen molar-refractivity contribution in [3.8, 4) is 0 Å². The van der Waals surface area contributed by atoms with Gasteiger partial charge in [0, 0.05) is 18.6 Å². The molecule has 0 aliphatic rings. The van der Waals surface area contributed by atoms with E-state index >= 15 is 0 Å². The predicted octanol–water partition coefficient (Wildman–Crippen LogP) is 3.18.